The molecule has 0 bridgehead atoms. The summed E-state index contributed by atoms with van der Waals surface area (Å²) in [5.41, 5.74) is 0.795. The summed E-state index contributed by atoms with van der Waals surface area (Å²) in [5.74, 6) is -0.525. The van der Waals surface area contributed by atoms with Gasteiger partial charge in [-0.15, -0.1) is 0 Å². The van der Waals surface area contributed by atoms with E-state index in [1.54, 1.807) is 24.4 Å². The molecule has 7 heteroatoms. The van der Waals surface area contributed by atoms with E-state index >= 15 is 0 Å². The maximum absolute atomic E-state index is 12.2. The molecule has 2 aromatic rings. The van der Waals surface area contributed by atoms with Gasteiger partial charge in [-0.3, -0.25) is 14.7 Å². The molecule has 0 saturated carbocycles. The lowest BCUT2D eigenvalue weighted by Crippen LogP contribution is -2.49. The second-order valence-corrected chi connectivity index (χ2v) is 4.97. The fourth-order valence-electron chi connectivity index (χ4n) is 1.83. The van der Waals surface area contributed by atoms with Crippen LogP contribution in [0.5, 0.6) is 0 Å². The highest BCUT2D eigenvalue weighted by Gasteiger charge is 2.25. The molecule has 3 N–H and O–H groups in total. The smallest absolute Gasteiger partial charge is 0.287 e. The van der Waals surface area contributed by atoms with Crippen molar-refractivity contribution in [3.8, 4) is 0 Å². The van der Waals surface area contributed by atoms with Crippen LogP contribution in [0.25, 0.3) is 0 Å². The maximum atomic E-state index is 12.2. The van der Waals surface area contributed by atoms with Gasteiger partial charge >= 0.3 is 0 Å². The second-order valence-electron chi connectivity index (χ2n) is 4.97. The van der Waals surface area contributed by atoms with Gasteiger partial charge in [0.15, 0.2) is 5.76 Å². The molecule has 0 saturated heterocycles. The Balaban J connectivity index is 1.94. The van der Waals surface area contributed by atoms with Crippen LogP contribution in [0.15, 0.2) is 35.1 Å². The van der Waals surface area contributed by atoms with Gasteiger partial charge in [0.25, 0.3) is 5.91 Å². The van der Waals surface area contributed by atoms with E-state index in [1.807, 2.05) is 13.8 Å². The van der Waals surface area contributed by atoms with Crippen molar-refractivity contribution in [2.45, 2.75) is 26.4 Å². The Morgan fingerprint density at radius 2 is 2.19 bits per heavy atom. The van der Waals surface area contributed by atoms with Crippen LogP contribution < -0.4 is 10.6 Å². The van der Waals surface area contributed by atoms with Gasteiger partial charge < -0.3 is 15.1 Å². The lowest BCUT2D eigenvalue weighted by Gasteiger charge is -2.21. The van der Waals surface area contributed by atoms with E-state index in [1.165, 1.54) is 6.26 Å². The number of nitrogens with zero attached hydrogens (tertiary/aromatic N) is 1. The third-order valence-corrected chi connectivity index (χ3v) is 2.99. The standard InChI is InChI=1S/C14H18N4O3/c1-9(2)12(17-13(19)11-4-3-7-21-11)14(20)15-8-10-5-6-16-18-10/h3-7,9,12H,8H2,1-2H3,(H,15,20)(H,16,18)(H,17,19). The number of furan rings is 1. The molecular formula is C14H18N4O3. The summed E-state index contributed by atoms with van der Waals surface area (Å²) in [6.07, 6.45) is 3.03. The van der Waals surface area contributed by atoms with Gasteiger partial charge in [0.05, 0.1) is 18.5 Å². The predicted octanol–water partition coefficient (Wildman–Crippen LogP) is 1.07. The highest BCUT2D eigenvalue weighted by Crippen LogP contribution is 2.06. The van der Waals surface area contributed by atoms with Crippen LogP contribution in [-0.4, -0.2) is 28.1 Å². The number of carbonyl (C=O) groups is 2. The third kappa shape index (κ3) is 3.95. The Morgan fingerprint density at radius 3 is 2.76 bits per heavy atom. The van der Waals surface area contributed by atoms with E-state index in [-0.39, 0.29) is 17.6 Å². The highest BCUT2D eigenvalue weighted by molar-refractivity contribution is 5.95. The van der Waals surface area contributed by atoms with Crippen LogP contribution >= 0.6 is 0 Å². The normalized spacial score (nSPS) is 12.1. The van der Waals surface area contributed by atoms with Crippen LogP contribution in [-0.2, 0) is 11.3 Å². The van der Waals surface area contributed by atoms with Crippen molar-refractivity contribution >= 4 is 11.8 Å². The summed E-state index contributed by atoms with van der Waals surface area (Å²) in [4.78, 5) is 24.2. The molecule has 0 radical (unpaired) electrons. The number of carbonyl (C=O) groups excluding carboxylic acids is 2. The van der Waals surface area contributed by atoms with Crippen LogP contribution in [0, 0.1) is 5.92 Å². The molecule has 112 valence electrons. The van der Waals surface area contributed by atoms with E-state index in [9.17, 15) is 9.59 Å². The van der Waals surface area contributed by atoms with Crippen molar-refractivity contribution in [2.24, 2.45) is 5.92 Å². The average molecular weight is 290 g/mol. The summed E-state index contributed by atoms with van der Waals surface area (Å²) in [6.45, 7) is 4.06. The first-order valence-corrected chi connectivity index (χ1v) is 6.68. The molecule has 2 rings (SSSR count). The van der Waals surface area contributed by atoms with Crippen molar-refractivity contribution in [3.63, 3.8) is 0 Å². The zero-order valence-corrected chi connectivity index (χ0v) is 11.9. The number of rotatable bonds is 6. The molecule has 1 atom stereocenters. The van der Waals surface area contributed by atoms with Crippen molar-refractivity contribution in [2.75, 3.05) is 0 Å². The average Bonchev–Trinajstić information content (AvgIpc) is 3.13. The molecule has 0 fully saturated rings. The van der Waals surface area contributed by atoms with E-state index in [0.29, 0.717) is 6.54 Å². The molecule has 2 heterocycles. The topological polar surface area (TPSA) is 100 Å². The Kier molecular flexibility index (Phi) is 4.76. The molecule has 0 aliphatic rings. The maximum Gasteiger partial charge on any atom is 0.287 e. The quantitative estimate of drug-likeness (QED) is 0.741. The molecule has 0 aromatic carbocycles. The number of hydrogen-bond acceptors (Lipinski definition) is 4. The fraction of sp³-hybridized carbons (Fsp3) is 0.357. The van der Waals surface area contributed by atoms with Crippen molar-refractivity contribution < 1.29 is 14.0 Å². The van der Waals surface area contributed by atoms with Gasteiger partial charge in [-0.2, -0.15) is 5.10 Å². The third-order valence-electron chi connectivity index (χ3n) is 2.99. The van der Waals surface area contributed by atoms with Gasteiger partial charge in [-0.05, 0) is 24.1 Å². The summed E-state index contributed by atoms with van der Waals surface area (Å²) < 4.78 is 5.02. The molecular weight excluding hydrogens is 272 g/mol. The van der Waals surface area contributed by atoms with Crippen LogP contribution in [0.1, 0.15) is 30.1 Å². The minimum Gasteiger partial charge on any atom is -0.459 e. The van der Waals surface area contributed by atoms with E-state index in [4.69, 9.17) is 4.42 Å². The zero-order chi connectivity index (χ0) is 15.2. The molecule has 2 aromatic heterocycles. The summed E-state index contributed by atoms with van der Waals surface area (Å²) >= 11 is 0. The first kappa shape index (κ1) is 14.8. The summed E-state index contributed by atoms with van der Waals surface area (Å²) in [6, 6.07) is 4.31. The number of amides is 2. The Morgan fingerprint density at radius 1 is 1.38 bits per heavy atom. The fourth-order valence-corrected chi connectivity index (χ4v) is 1.83. The molecule has 0 aliphatic carbocycles. The largest absolute Gasteiger partial charge is 0.459 e. The SMILES string of the molecule is CC(C)C(NC(=O)c1ccco1)C(=O)NCc1ccn[nH]1. The Bertz CT molecular complexity index is 575. The van der Waals surface area contributed by atoms with Gasteiger partial charge in [-0.25, -0.2) is 0 Å². The van der Waals surface area contributed by atoms with Crippen molar-refractivity contribution in [3.05, 3.63) is 42.1 Å². The van der Waals surface area contributed by atoms with Gasteiger partial charge in [-0.1, -0.05) is 13.8 Å². The minimum absolute atomic E-state index is 0.0503. The zero-order valence-electron chi connectivity index (χ0n) is 11.9. The Hall–Kier alpha value is -2.57. The van der Waals surface area contributed by atoms with E-state index < -0.39 is 11.9 Å². The summed E-state index contributed by atoms with van der Waals surface area (Å²) in [7, 11) is 0. The lowest BCUT2D eigenvalue weighted by molar-refractivity contribution is -0.124. The predicted molar refractivity (Wildman–Crippen MR) is 75.2 cm³/mol. The first-order chi connectivity index (χ1) is 10.1. The molecule has 21 heavy (non-hydrogen) atoms. The minimum atomic E-state index is -0.634. The molecule has 0 spiro atoms. The molecule has 1 unspecified atom stereocenters. The van der Waals surface area contributed by atoms with Gasteiger partial charge in [0, 0.05) is 6.20 Å². The summed E-state index contributed by atoms with van der Waals surface area (Å²) in [5, 5.41) is 12.0. The second kappa shape index (κ2) is 6.74. The van der Waals surface area contributed by atoms with E-state index in [0.717, 1.165) is 5.69 Å². The van der Waals surface area contributed by atoms with E-state index in [2.05, 4.69) is 20.8 Å². The van der Waals surface area contributed by atoms with Gasteiger partial charge in [0.1, 0.15) is 6.04 Å². The number of nitrogens with one attached hydrogen (secondary N) is 3. The molecule has 7 nitrogen and oxygen atoms in total. The first-order valence-electron chi connectivity index (χ1n) is 6.68. The number of hydrogen-bond donors (Lipinski definition) is 3. The Labute approximate surface area is 122 Å². The lowest BCUT2D eigenvalue weighted by atomic mass is 10.0. The van der Waals surface area contributed by atoms with Crippen LogP contribution in [0.2, 0.25) is 0 Å². The number of aromatic amines is 1. The highest BCUT2D eigenvalue weighted by atomic mass is 16.3. The van der Waals surface area contributed by atoms with Crippen LogP contribution in [0.3, 0.4) is 0 Å². The molecule has 2 amide bonds. The van der Waals surface area contributed by atoms with Crippen molar-refractivity contribution in [1.82, 2.24) is 20.8 Å². The van der Waals surface area contributed by atoms with Crippen molar-refractivity contribution in [1.29, 1.82) is 0 Å². The van der Waals surface area contributed by atoms with Crippen LogP contribution in [0.4, 0.5) is 0 Å². The number of H-pyrrole nitrogens is 1. The number of aromatic nitrogens is 2. The van der Waals surface area contributed by atoms with Gasteiger partial charge in [0.2, 0.25) is 5.91 Å². The monoisotopic (exact) mass is 290 g/mol. The molecule has 0 aliphatic heterocycles.